The molecule has 1 aromatic rings. The molecule has 1 saturated heterocycles. The minimum atomic E-state index is 0.130. The molecule has 1 aliphatic rings. The Morgan fingerprint density at radius 2 is 2.54 bits per heavy atom. The highest BCUT2D eigenvalue weighted by Gasteiger charge is 2.15. The predicted octanol–water partition coefficient (Wildman–Crippen LogP) is 1.23. The van der Waals surface area contributed by atoms with Crippen LogP contribution in [0.15, 0.2) is 6.20 Å². The molecule has 0 spiro atoms. The van der Waals surface area contributed by atoms with Gasteiger partial charge in [0.05, 0.1) is 12.3 Å². The summed E-state index contributed by atoms with van der Waals surface area (Å²) in [7, 11) is 0. The van der Waals surface area contributed by atoms with E-state index in [1.807, 2.05) is 0 Å². The van der Waals surface area contributed by atoms with Crippen molar-refractivity contribution in [1.82, 2.24) is 9.97 Å². The van der Waals surface area contributed by atoms with Crippen LogP contribution < -0.4 is 0 Å². The summed E-state index contributed by atoms with van der Waals surface area (Å²) in [6.45, 7) is 0.858. The maximum absolute atomic E-state index is 9.02. The predicted molar refractivity (Wildman–Crippen MR) is 47.5 cm³/mol. The van der Waals surface area contributed by atoms with Crippen LogP contribution in [0.1, 0.15) is 25.1 Å². The Morgan fingerprint density at radius 1 is 1.62 bits per heavy atom. The molecule has 1 aromatic heterocycles. The van der Waals surface area contributed by atoms with Crippen LogP contribution in [-0.2, 0) is 11.2 Å². The lowest BCUT2D eigenvalue weighted by atomic mass is 10.1. The monoisotopic (exact) mass is 182 g/mol. The van der Waals surface area contributed by atoms with Crippen molar-refractivity contribution in [2.45, 2.75) is 31.8 Å². The van der Waals surface area contributed by atoms with Gasteiger partial charge in [-0.25, -0.2) is 4.98 Å². The zero-order chi connectivity index (χ0) is 9.10. The van der Waals surface area contributed by atoms with Crippen molar-refractivity contribution in [1.29, 1.82) is 0 Å². The van der Waals surface area contributed by atoms with Crippen molar-refractivity contribution in [2.75, 3.05) is 6.61 Å². The number of aromatic nitrogens is 2. The van der Waals surface area contributed by atoms with Crippen LogP contribution in [0.5, 0.6) is 5.88 Å². The maximum atomic E-state index is 9.02. The van der Waals surface area contributed by atoms with Gasteiger partial charge in [0.2, 0.25) is 5.88 Å². The van der Waals surface area contributed by atoms with E-state index in [4.69, 9.17) is 9.84 Å². The van der Waals surface area contributed by atoms with Crippen molar-refractivity contribution in [3.8, 4) is 5.88 Å². The first-order valence-corrected chi connectivity index (χ1v) is 4.69. The third-order valence-electron chi connectivity index (χ3n) is 2.31. The second kappa shape index (κ2) is 3.79. The van der Waals surface area contributed by atoms with E-state index in [0.717, 1.165) is 25.3 Å². The fraction of sp³-hybridized carbons (Fsp3) is 0.667. The van der Waals surface area contributed by atoms with E-state index in [-0.39, 0.29) is 12.0 Å². The minimum Gasteiger partial charge on any atom is -0.493 e. The van der Waals surface area contributed by atoms with Gasteiger partial charge >= 0.3 is 0 Å². The summed E-state index contributed by atoms with van der Waals surface area (Å²) in [4.78, 5) is 6.81. The Bertz CT molecular complexity index is 266. The number of imidazole rings is 1. The molecule has 2 rings (SSSR count). The summed E-state index contributed by atoms with van der Waals surface area (Å²) in [5.74, 6) is 0.940. The molecular weight excluding hydrogens is 168 g/mol. The molecule has 1 fully saturated rings. The third-order valence-corrected chi connectivity index (χ3v) is 2.31. The van der Waals surface area contributed by atoms with Gasteiger partial charge in [0.1, 0.15) is 5.82 Å². The van der Waals surface area contributed by atoms with E-state index in [0.29, 0.717) is 0 Å². The molecular formula is C9H14N2O2. The molecule has 13 heavy (non-hydrogen) atoms. The summed E-state index contributed by atoms with van der Waals surface area (Å²) in [6.07, 6.45) is 5.98. The van der Waals surface area contributed by atoms with Crippen LogP contribution in [0, 0.1) is 0 Å². The molecule has 1 aliphatic heterocycles. The van der Waals surface area contributed by atoms with Gasteiger partial charge in [-0.15, -0.1) is 0 Å². The molecule has 2 N–H and O–H groups in total. The van der Waals surface area contributed by atoms with E-state index in [9.17, 15) is 0 Å². The summed E-state index contributed by atoms with van der Waals surface area (Å²) in [5, 5.41) is 9.02. The fourth-order valence-electron chi connectivity index (χ4n) is 1.64. The molecule has 4 nitrogen and oxygen atoms in total. The number of rotatable bonds is 2. The van der Waals surface area contributed by atoms with Crippen molar-refractivity contribution in [3.63, 3.8) is 0 Å². The van der Waals surface area contributed by atoms with Gasteiger partial charge in [-0.1, -0.05) is 0 Å². The topological polar surface area (TPSA) is 58.1 Å². The van der Waals surface area contributed by atoms with E-state index >= 15 is 0 Å². The zero-order valence-electron chi connectivity index (χ0n) is 7.49. The lowest BCUT2D eigenvalue weighted by Crippen LogP contribution is -2.21. The number of hydrogen-bond donors (Lipinski definition) is 2. The van der Waals surface area contributed by atoms with Gasteiger partial charge < -0.3 is 14.8 Å². The molecule has 0 aliphatic carbocycles. The Balaban J connectivity index is 1.89. The molecule has 0 bridgehead atoms. The van der Waals surface area contributed by atoms with E-state index in [1.54, 1.807) is 0 Å². The standard InChI is InChI=1S/C9H14N2O2/c12-9-6-10-8(11-9)5-7-3-1-2-4-13-7/h6-7,12H,1-5H2,(H,10,11). The van der Waals surface area contributed by atoms with Crippen LogP contribution in [0.4, 0.5) is 0 Å². The third kappa shape index (κ3) is 2.21. The molecule has 0 amide bonds. The number of nitrogens with one attached hydrogen (secondary N) is 1. The Morgan fingerprint density at radius 3 is 3.15 bits per heavy atom. The Hall–Kier alpha value is -1.03. The highest BCUT2D eigenvalue weighted by Crippen LogP contribution is 2.16. The molecule has 4 heteroatoms. The smallest absolute Gasteiger partial charge is 0.208 e. The van der Waals surface area contributed by atoms with Crippen LogP contribution in [0.3, 0.4) is 0 Å². The number of H-pyrrole nitrogens is 1. The second-order valence-electron chi connectivity index (χ2n) is 3.41. The average Bonchev–Trinajstić information content (AvgIpc) is 2.53. The number of aromatic hydroxyl groups is 1. The van der Waals surface area contributed by atoms with Crippen molar-refractivity contribution < 1.29 is 9.84 Å². The first-order valence-electron chi connectivity index (χ1n) is 4.69. The summed E-state index contributed by atoms with van der Waals surface area (Å²) in [6, 6.07) is 0. The lowest BCUT2D eigenvalue weighted by Gasteiger charge is -2.21. The van der Waals surface area contributed by atoms with Crippen molar-refractivity contribution in [2.24, 2.45) is 0 Å². The molecule has 1 atom stereocenters. The highest BCUT2D eigenvalue weighted by molar-refractivity contribution is 5.05. The van der Waals surface area contributed by atoms with Gasteiger partial charge in [-0.2, -0.15) is 0 Å². The van der Waals surface area contributed by atoms with Gasteiger partial charge in [0, 0.05) is 13.0 Å². The SMILES string of the molecule is Oc1cnc(CC2CCCCO2)[nH]1. The summed E-state index contributed by atoms with van der Waals surface area (Å²) >= 11 is 0. The first-order chi connectivity index (χ1) is 6.34. The summed E-state index contributed by atoms with van der Waals surface area (Å²) in [5.41, 5.74) is 0. The van der Waals surface area contributed by atoms with Crippen molar-refractivity contribution >= 4 is 0 Å². The summed E-state index contributed by atoms with van der Waals surface area (Å²) < 4.78 is 5.55. The number of nitrogens with zero attached hydrogens (tertiary/aromatic N) is 1. The molecule has 0 saturated carbocycles. The quantitative estimate of drug-likeness (QED) is 0.723. The Kier molecular flexibility index (Phi) is 2.49. The lowest BCUT2D eigenvalue weighted by molar-refractivity contribution is 0.0157. The maximum Gasteiger partial charge on any atom is 0.208 e. The number of hydrogen-bond acceptors (Lipinski definition) is 3. The highest BCUT2D eigenvalue weighted by atomic mass is 16.5. The van der Waals surface area contributed by atoms with Crippen LogP contribution in [0.25, 0.3) is 0 Å². The molecule has 0 radical (unpaired) electrons. The van der Waals surface area contributed by atoms with Crippen LogP contribution in [0.2, 0.25) is 0 Å². The fourth-order valence-corrected chi connectivity index (χ4v) is 1.64. The zero-order valence-corrected chi connectivity index (χ0v) is 7.49. The van der Waals surface area contributed by atoms with Crippen molar-refractivity contribution in [3.05, 3.63) is 12.0 Å². The number of ether oxygens (including phenoxy) is 1. The van der Waals surface area contributed by atoms with Gasteiger partial charge in [0.25, 0.3) is 0 Å². The van der Waals surface area contributed by atoms with Crippen LogP contribution in [-0.4, -0.2) is 27.8 Å². The van der Waals surface area contributed by atoms with E-state index in [2.05, 4.69) is 9.97 Å². The Labute approximate surface area is 77.0 Å². The van der Waals surface area contributed by atoms with E-state index in [1.165, 1.54) is 19.0 Å². The second-order valence-corrected chi connectivity index (χ2v) is 3.41. The molecule has 2 heterocycles. The first kappa shape index (κ1) is 8.56. The van der Waals surface area contributed by atoms with Crippen LogP contribution >= 0.6 is 0 Å². The molecule has 72 valence electrons. The molecule has 0 aromatic carbocycles. The van der Waals surface area contributed by atoms with Gasteiger partial charge in [0.15, 0.2) is 0 Å². The normalized spacial score (nSPS) is 23.2. The average molecular weight is 182 g/mol. The van der Waals surface area contributed by atoms with Gasteiger partial charge in [-0.3, -0.25) is 0 Å². The number of aromatic amines is 1. The molecule has 1 unspecified atom stereocenters. The van der Waals surface area contributed by atoms with E-state index < -0.39 is 0 Å². The van der Waals surface area contributed by atoms with Gasteiger partial charge in [-0.05, 0) is 19.3 Å². The minimum absolute atomic E-state index is 0.130. The largest absolute Gasteiger partial charge is 0.493 e.